The first-order chi connectivity index (χ1) is 8.92. The number of hydrogen-bond acceptors (Lipinski definition) is 2. The van der Waals surface area contributed by atoms with Crippen molar-refractivity contribution in [1.29, 1.82) is 0 Å². The second-order valence-corrected chi connectivity index (χ2v) is 4.30. The molecule has 3 nitrogen and oxygen atoms in total. The lowest BCUT2D eigenvalue weighted by Gasteiger charge is -2.17. The summed E-state index contributed by atoms with van der Waals surface area (Å²) in [5.74, 6) is -5.52. The van der Waals surface area contributed by atoms with Crippen molar-refractivity contribution in [2.75, 3.05) is 18.4 Å². The Bertz CT molecular complexity index is 479. The van der Waals surface area contributed by atoms with Crippen LogP contribution in [0.5, 0.6) is 0 Å². The first kappa shape index (κ1) is 13.6. The molecule has 1 atom stereocenters. The zero-order valence-corrected chi connectivity index (χ0v) is 9.80. The van der Waals surface area contributed by atoms with Gasteiger partial charge in [-0.15, -0.1) is 0 Å². The predicted octanol–water partition coefficient (Wildman–Crippen LogP) is 2.21. The average Bonchev–Trinajstić information content (AvgIpc) is 2.79. The predicted molar refractivity (Wildman–Crippen MR) is 61.6 cm³/mol. The van der Waals surface area contributed by atoms with Crippen molar-refractivity contribution in [3.05, 3.63) is 29.8 Å². The van der Waals surface area contributed by atoms with Crippen LogP contribution in [0.3, 0.4) is 0 Å². The summed E-state index contributed by atoms with van der Waals surface area (Å²) >= 11 is 0. The van der Waals surface area contributed by atoms with Crippen molar-refractivity contribution < 1.29 is 22.4 Å². The fourth-order valence-electron chi connectivity index (χ4n) is 1.92. The molecule has 0 bridgehead atoms. The number of halogens is 4. The molecular formula is C12H12F4N2O. The molecule has 0 spiro atoms. The number of amides is 1. The fraction of sp³-hybridized carbons (Fsp3) is 0.417. The molecule has 1 amide bonds. The third-order valence-corrected chi connectivity index (χ3v) is 2.97. The van der Waals surface area contributed by atoms with Crippen LogP contribution in [0.25, 0.3) is 0 Å². The summed E-state index contributed by atoms with van der Waals surface area (Å²) in [7, 11) is 0. The van der Waals surface area contributed by atoms with Crippen LogP contribution in [0.4, 0.5) is 23.2 Å². The molecule has 0 radical (unpaired) electrons. The molecule has 1 aliphatic rings. The molecule has 1 aromatic carbocycles. The highest BCUT2D eigenvalue weighted by molar-refractivity contribution is 5.88. The van der Waals surface area contributed by atoms with E-state index in [1.54, 1.807) is 24.3 Å². The molecule has 0 fully saturated rings. The molecule has 104 valence electrons. The number of anilines is 1. The molecule has 1 heterocycles. The van der Waals surface area contributed by atoms with E-state index in [0.717, 1.165) is 5.69 Å². The van der Waals surface area contributed by atoms with E-state index >= 15 is 0 Å². The lowest BCUT2D eigenvalue weighted by molar-refractivity contribution is -0.137. The molecule has 0 aliphatic carbocycles. The van der Waals surface area contributed by atoms with Gasteiger partial charge in [-0.3, -0.25) is 4.79 Å². The fourth-order valence-corrected chi connectivity index (χ4v) is 1.92. The summed E-state index contributed by atoms with van der Waals surface area (Å²) in [6.45, 7) is -1.09. The standard InChI is InChI=1S/C12H12F4N2O/c13-11(14)12(15,16)6-18-10(19)8-5-17-9-4-2-1-3-7(8)9/h1-4,8,11,17H,5-6H2,(H,18,19). The van der Waals surface area contributed by atoms with Gasteiger partial charge in [-0.25, -0.2) is 8.78 Å². The largest absolute Gasteiger partial charge is 0.384 e. The van der Waals surface area contributed by atoms with Crippen molar-refractivity contribution in [2.45, 2.75) is 18.3 Å². The van der Waals surface area contributed by atoms with E-state index in [4.69, 9.17) is 0 Å². The highest BCUT2D eigenvalue weighted by atomic mass is 19.3. The van der Waals surface area contributed by atoms with Gasteiger partial charge in [0, 0.05) is 12.2 Å². The normalized spacial score (nSPS) is 18.1. The quantitative estimate of drug-likeness (QED) is 0.828. The van der Waals surface area contributed by atoms with Gasteiger partial charge in [0.05, 0.1) is 12.5 Å². The molecule has 19 heavy (non-hydrogen) atoms. The van der Waals surface area contributed by atoms with Crippen molar-refractivity contribution >= 4 is 11.6 Å². The maximum absolute atomic E-state index is 12.7. The van der Waals surface area contributed by atoms with Crippen LogP contribution < -0.4 is 10.6 Å². The minimum Gasteiger partial charge on any atom is -0.384 e. The Morgan fingerprint density at radius 2 is 2.11 bits per heavy atom. The number of fused-ring (bicyclic) bond motifs is 1. The highest BCUT2D eigenvalue weighted by Gasteiger charge is 2.41. The van der Waals surface area contributed by atoms with Gasteiger partial charge in [0.25, 0.3) is 0 Å². The van der Waals surface area contributed by atoms with Crippen LogP contribution in [0.2, 0.25) is 0 Å². The van der Waals surface area contributed by atoms with Gasteiger partial charge in [-0.2, -0.15) is 8.78 Å². The maximum atomic E-state index is 12.7. The van der Waals surface area contributed by atoms with E-state index in [-0.39, 0.29) is 6.54 Å². The number of nitrogens with one attached hydrogen (secondary N) is 2. The Morgan fingerprint density at radius 3 is 2.79 bits per heavy atom. The van der Waals surface area contributed by atoms with Gasteiger partial charge in [0.2, 0.25) is 5.91 Å². The van der Waals surface area contributed by atoms with Gasteiger partial charge in [-0.05, 0) is 11.6 Å². The number of hydrogen-bond donors (Lipinski definition) is 2. The number of carbonyl (C=O) groups excluding carboxylic acids is 1. The molecule has 2 rings (SSSR count). The molecule has 1 unspecified atom stereocenters. The van der Waals surface area contributed by atoms with Crippen LogP contribution in [0.15, 0.2) is 24.3 Å². The topological polar surface area (TPSA) is 41.1 Å². The number of para-hydroxylation sites is 1. The molecule has 1 aromatic rings. The molecule has 0 saturated heterocycles. The van der Waals surface area contributed by atoms with E-state index < -0.39 is 30.7 Å². The van der Waals surface area contributed by atoms with Crippen molar-refractivity contribution in [2.24, 2.45) is 0 Å². The second kappa shape index (κ2) is 5.07. The van der Waals surface area contributed by atoms with Crippen LogP contribution in [-0.2, 0) is 4.79 Å². The highest BCUT2D eigenvalue weighted by Crippen LogP contribution is 2.31. The zero-order chi connectivity index (χ0) is 14.0. The van der Waals surface area contributed by atoms with Gasteiger partial charge in [0.15, 0.2) is 0 Å². The first-order valence-corrected chi connectivity index (χ1v) is 5.68. The SMILES string of the molecule is O=C(NCC(F)(F)C(F)F)C1CNc2ccccc21. The van der Waals surface area contributed by atoms with E-state index in [1.807, 2.05) is 5.32 Å². The lowest BCUT2D eigenvalue weighted by Crippen LogP contribution is -2.43. The molecule has 7 heteroatoms. The Kier molecular flexibility index (Phi) is 3.64. The second-order valence-electron chi connectivity index (χ2n) is 4.30. The summed E-state index contributed by atoms with van der Waals surface area (Å²) < 4.78 is 49.3. The zero-order valence-electron chi connectivity index (χ0n) is 9.80. The molecule has 0 aromatic heterocycles. The summed E-state index contributed by atoms with van der Waals surface area (Å²) in [6.07, 6.45) is -3.79. The summed E-state index contributed by atoms with van der Waals surface area (Å²) in [5.41, 5.74) is 1.43. The minimum absolute atomic E-state index is 0.269. The molecule has 0 saturated carbocycles. The number of rotatable bonds is 4. The third kappa shape index (κ3) is 2.80. The van der Waals surface area contributed by atoms with Crippen molar-refractivity contribution in [3.8, 4) is 0 Å². The number of alkyl halides is 4. The Hall–Kier alpha value is -1.79. The molecular weight excluding hydrogens is 264 g/mol. The van der Waals surface area contributed by atoms with Crippen molar-refractivity contribution in [1.82, 2.24) is 5.32 Å². The van der Waals surface area contributed by atoms with Crippen LogP contribution in [0.1, 0.15) is 11.5 Å². The third-order valence-electron chi connectivity index (χ3n) is 2.97. The summed E-state index contributed by atoms with van der Waals surface area (Å²) in [4.78, 5) is 11.7. The Morgan fingerprint density at radius 1 is 1.42 bits per heavy atom. The van der Waals surface area contributed by atoms with E-state index in [2.05, 4.69) is 5.32 Å². The van der Waals surface area contributed by atoms with Crippen molar-refractivity contribution in [3.63, 3.8) is 0 Å². The first-order valence-electron chi connectivity index (χ1n) is 5.68. The summed E-state index contributed by atoms with van der Waals surface area (Å²) in [5, 5.41) is 4.83. The van der Waals surface area contributed by atoms with Gasteiger partial charge in [-0.1, -0.05) is 18.2 Å². The van der Waals surface area contributed by atoms with Crippen LogP contribution in [-0.4, -0.2) is 31.3 Å². The van der Waals surface area contributed by atoms with Crippen LogP contribution in [0, 0.1) is 0 Å². The van der Waals surface area contributed by atoms with Gasteiger partial charge < -0.3 is 10.6 Å². The van der Waals surface area contributed by atoms with E-state index in [0.29, 0.717) is 5.56 Å². The van der Waals surface area contributed by atoms with Gasteiger partial charge in [0.1, 0.15) is 0 Å². The minimum atomic E-state index is -4.21. The smallest absolute Gasteiger partial charge is 0.324 e. The van der Waals surface area contributed by atoms with E-state index in [1.165, 1.54) is 0 Å². The maximum Gasteiger partial charge on any atom is 0.324 e. The lowest BCUT2D eigenvalue weighted by atomic mass is 10.0. The Labute approximate surface area is 107 Å². The van der Waals surface area contributed by atoms with Crippen LogP contribution >= 0.6 is 0 Å². The number of benzene rings is 1. The monoisotopic (exact) mass is 276 g/mol. The average molecular weight is 276 g/mol. The van der Waals surface area contributed by atoms with Gasteiger partial charge >= 0.3 is 12.3 Å². The Balaban J connectivity index is 1.99. The van der Waals surface area contributed by atoms with E-state index in [9.17, 15) is 22.4 Å². The summed E-state index contributed by atoms with van der Waals surface area (Å²) in [6, 6.07) is 6.96. The molecule has 2 N–H and O–H groups in total. The number of carbonyl (C=O) groups is 1. The molecule has 1 aliphatic heterocycles.